The highest BCUT2D eigenvalue weighted by Gasteiger charge is 2.20. The van der Waals surface area contributed by atoms with Crippen LogP contribution in [0.1, 0.15) is 32.9 Å². The number of nitrogens with zero attached hydrogens (tertiary/aromatic N) is 3. The number of carbonyl (C=O) groups excluding carboxylic acids is 1. The van der Waals surface area contributed by atoms with Crippen molar-refractivity contribution in [3.8, 4) is 10.6 Å². The van der Waals surface area contributed by atoms with Gasteiger partial charge >= 0.3 is 0 Å². The molecule has 2 aromatic rings. The van der Waals surface area contributed by atoms with E-state index in [0.717, 1.165) is 49.8 Å². The lowest BCUT2D eigenvalue weighted by atomic mass is 10.1. The van der Waals surface area contributed by atoms with E-state index in [0.29, 0.717) is 6.54 Å². The molecule has 1 fully saturated rings. The van der Waals surface area contributed by atoms with Gasteiger partial charge in [0.05, 0.1) is 12.2 Å². The first-order chi connectivity index (χ1) is 12.9. The van der Waals surface area contributed by atoms with E-state index in [1.165, 1.54) is 5.56 Å². The number of benzene rings is 1. The lowest BCUT2D eigenvalue weighted by Gasteiger charge is -2.24. The Morgan fingerprint density at radius 3 is 2.56 bits per heavy atom. The molecule has 1 aliphatic heterocycles. The Bertz CT molecular complexity index is 738. The first kappa shape index (κ1) is 20.0. The van der Waals surface area contributed by atoms with E-state index < -0.39 is 0 Å². The van der Waals surface area contributed by atoms with Gasteiger partial charge in [0, 0.05) is 36.1 Å². The fourth-order valence-electron chi connectivity index (χ4n) is 3.32. The molecule has 1 aliphatic rings. The van der Waals surface area contributed by atoms with Gasteiger partial charge in [0.1, 0.15) is 5.01 Å². The van der Waals surface area contributed by atoms with Crippen molar-refractivity contribution in [1.82, 2.24) is 20.1 Å². The molecule has 0 radical (unpaired) electrons. The van der Waals surface area contributed by atoms with Crippen molar-refractivity contribution in [3.63, 3.8) is 0 Å². The summed E-state index contributed by atoms with van der Waals surface area (Å²) in [6.07, 6.45) is 1.08. The van der Waals surface area contributed by atoms with Gasteiger partial charge in [-0.2, -0.15) is 0 Å². The van der Waals surface area contributed by atoms with Gasteiger partial charge in [0.15, 0.2) is 0 Å². The van der Waals surface area contributed by atoms with Gasteiger partial charge in [-0.1, -0.05) is 30.3 Å². The third-order valence-corrected chi connectivity index (χ3v) is 5.46. The number of thiazole rings is 1. The van der Waals surface area contributed by atoms with Gasteiger partial charge in [-0.15, -0.1) is 11.3 Å². The van der Waals surface area contributed by atoms with Crippen molar-refractivity contribution >= 4 is 17.2 Å². The first-order valence-corrected chi connectivity index (χ1v) is 10.5. The number of amides is 1. The number of hydrogen-bond donors (Lipinski definition) is 1. The highest BCUT2D eigenvalue weighted by Crippen LogP contribution is 2.24. The number of rotatable bonds is 5. The van der Waals surface area contributed by atoms with Crippen molar-refractivity contribution in [2.75, 3.05) is 32.7 Å². The average Bonchev–Trinajstić information content (AvgIpc) is 2.96. The molecule has 1 aromatic heterocycles. The molecule has 6 heteroatoms. The molecule has 0 atom stereocenters. The van der Waals surface area contributed by atoms with Crippen molar-refractivity contribution in [2.24, 2.45) is 0 Å². The molecule has 1 aromatic carbocycles. The molecule has 0 spiro atoms. The van der Waals surface area contributed by atoms with Crippen LogP contribution in [0.3, 0.4) is 0 Å². The quantitative estimate of drug-likeness (QED) is 0.857. The van der Waals surface area contributed by atoms with Gasteiger partial charge in [-0.05, 0) is 40.3 Å². The van der Waals surface area contributed by atoms with Gasteiger partial charge in [0.2, 0.25) is 5.91 Å². The normalized spacial score (nSPS) is 16.9. The molecular formula is C21H30N4OS. The SMILES string of the molecule is CC(C)(C)NC(=O)CN1CCCN(Cc2csc(-c3ccccc3)n2)CC1. The smallest absolute Gasteiger partial charge is 0.234 e. The van der Waals surface area contributed by atoms with E-state index in [4.69, 9.17) is 4.98 Å². The number of carbonyl (C=O) groups is 1. The average molecular weight is 387 g/mol. The van der Waals surface area contributed by atoms with Crippen molar-refractivity contribution in [3.05, 3.63) is 41.4 Å². The Balaban J connectivity index is 1.50. The maximum Gasteiger partial charge on any atom is 0.234 e. The van der Waals surface area contributed by atoms with Crippen LogP contribution >= 0.6 is 11.3 Å². The lowest BCUT2D eigenvalue weighted by molar-refractivity contribution is -0.123. The van der Waals surface area contributed by atoms with E-state index in [9.17, 15) is 4.79 Å². The second kappa shape index (κ2) is 8.95. The maximum absolute atomic E-state index is 12.2. The fraction of sp³-hybridized carbons (Fsp3) is 0.524. The molecule has 146 valence electrons. The Morgan fingerprint density at radius 1 is 1.11 bits per heavy atom. The fourth-order valence-corrected chi connectivity index (χ4v) is 4.14. The summed E-state index contributed by atoms with van der Waals surface area (Å²) in [4.78, 5) is 21.7. The van der Waals surface area contributed by atoms with Crippen LogP contribution in [0.15, 0.2) is 35.7 Å². The Labute approximate surface area is 166 Å². The minimum Gasteiger partial charge on any atom is -0.350 e. The van der Waals surface area contributed by atoms with Crippen LogP contribution in [-0.4, -0.2) is 59.0 Å². The van der Waals surface area contributed by atoms with Crippen LogP contribution in [0, 0.1) is 0 Å². The van der Waals surface area contributed by atoms with Gasteiger partial charge < -0.3 is 5.32 Å². The van der Waals surface area contributed by atoms with Gasteiger partial charge in [-0.25, -0.2) is 4.98 Å². The van der Waals surface area contributed by atoms with Gasteiger partial charge in [0.25, 0.3) is 0 Å². The molecular weight excluding hydrogens is 356 g/mol. The Kier molecular flexibility index (Phi) is 6.63. The summed E-state index contributed by atoms with van der Waals surface area (Å²) in [6.45, 7) is 11.3. The summed E-state index contributed by atoms with van der Waals surface area (Å²) in [6, 6.07) is 10.3. The van der Waals surface area contributed by atoms with Crippen LogP contribution in [0.25, 0.3) is 10.6 Å². The summed E-state index contributed by atoms with van der Waals surface area (Å²) < 4.78 is 0. The topological polar surface area (TPSA) is 48.5 Å². The molecule has 1 amide bonds. The van der Waals surface area contributed by atoms with Crippen LogP contribution in [0.4, 0.5) is 0 Å². The van der Waals surface area contributed by atoms with Crippen LogP contribution in [0.5, 0.6) is 0 Å². The van der Waals surface area contributed by atoms with Crippen LogP contribution in [0.2, 0.25) is 0 Å². The third kappa shape index (κ3) is 6.41. The van der Waals surface area contributed by atoms with Crippen molar-refractivity contribution < 1.29 is 4.79 Å². The lowest BCUT2D eigenvalue weighted by Crippen LogP contribution is -2.46. The van der Waals surface area contributed by atoms with Crippen LogP contribution < -0.4 is 5.32 Å². The highest BCUT2D eigenvalue weighted by atomic mass is 32.1. The number of nitrogens with one attached hydrogen (secondary N) is 1. The van der Waals surface area contributed by atoms with E-state index in [1.807, 2.05) is 26.8 Å². The maximum atomic E-state index is 12.2. The summed E-state index contributed by atoms with van der Waals surface area (Å²) >= 11 is 1.71. The second-order valence-electron chi connectivity index (χ2n) is 8.21. The summed E-state index contributed by atoms with van der Waals surface area (Å²) in [5, 5.41) is 6.31. The van der Waals surface area contributed by atoms with Crippen molar-refractivity contribution in [1.29, 1.82) is 0 Å². The Morgan fingerprint density at radius 2 is 1.81 bits per heavy atom. The largest absolute Gasteiger partial charge is 0.350 e. The zero-order chi connectivity index (χ0) is 19.3. The molecule has 0 unspecified atom stereocenters. The van der Waals surface area contributed by atoms with E-state index in [2.05, 4.69) is 44.8 Å². The summed E-state index contributed by atoms with van der Waals surface area (Å²) in [5.74, 6) is 0.114. The predicted molar refractivity (Wildman–Crippen MR) is 112 cm³/mol. The minimum absolute atomic E-state index is 0.114. The Hall–Kier alpha value is -1.76. The zero-order valence-electron chi connectivity index (χ0n) is 16.6. The van der Waals surface area contributed by atoms with E-state index in [-0.39, 0.29) is 11.4 Å². The van der Waals surface area contributed by atoms with Crippen molar-refractivity contribution in [2.45, 2.75) is 39.3 Å². The second-order valence-corrected chi connectivity index (χ2v) is 9.07. The third-order valence-electron chi connectivity index (χ3n) is 4.52. The molecule has 5 nitrogen and oxygen atoms in total. The minimum atomic E-state index is -0.171. The predicted octanol–water partition coefficient (Wildman–Crippen LogP) is 3.23. The monoisotopic (exact) mass is 386 g/mol. The van der Waals surface area contributed by atoms with Gasteiger partial charge in [-0.3, -0.25) is 14.6 Å². The van der Waals surface area contributed by atoms with E-state index in [1.54, 1.807) is 11.3 Å². The molecule has 3 rings (SSSR count). The molecule has 0 saturated carbocycles. The van der Waals surface area contributed by atoms with Crippen LogP contribution in [-0.2, 0) is 11.3 Å². The molecule has 27 heavy (non-hydrogen) atoms. The molecule has 0 bridgehead atoms. The van der Waals surface area contributed by atoms with E-state index >= 15 is 0 Å². The molecule has 2 heterocycles. The molecule has 1 saturated heterocycles. The zero-order valence-corrected chi connectivity index (χ0v) is 17.4. The molecule has 0 aliphatic carbocycles. The standard InChI is InChI=1S/C21H30N4OS/c1-21(2,3)23-19(26)15-25-11-7-10-24(12-13-25)14-18-16-27-20(22-18)17-8-5-4-6-9-17/h4-6,8-9,16H,7,10-15H2,1-3H3,(H,23,26). The summed E-state index contributed by atoms with van der Waals surface area (Å²) in [7, 11) is 0. The number of aromatic nitrogens is 1. The molecule has 1 N–H and O–H groups in total. The summed E-state index contributed by atoms with van der Waals surface area (Å²) in [5.41, 5.74) is 2.15. The number of hydrogen-bond acceptors (Lipinski definition) is 5. The highest BCUT2D eigenvalue weighted by molar-refractivity contribution is 7.13. The first-order valence-electron chi connectivity index (χ1n) is 9.64.